The number of ether oxygens (including phenoxy) is 1. The van der Waals surface area contributed by atoms with E-state index in [0.717, 1.165) is 32.1 Å². The van der Waals surface area contributed by atoms with E-state index in [9.17, 15) is 0 Å². The lowest BCUT2D eigenvalue weighted by Crippen LogP contribution is -2.42. The highest BCUT2D eigenvalue weighted by Crippen LogP contribution is 2.19. The smallest absolute Gasteiger partial charge is 0.204 e. The first-order chi connectivity index (χ1) is 8.02. The minimum atomic E-state index is 0.114. The van der Waals surface area contributed by atoms with Crippen LogP contribution in [-0.4, -0.2) is 42.4 Å². The van der Waals surface area contributed by atoms with Gasteiger partial charge >= 0.3 is 0 Å². The lowest BCUT2D eigenvalue weighted by molar-refractivity contribution is 0.171. The number of imidazole rings is 1. The lowest BCUT2D eigenvalue weighted by atomic mass is 10.0. The van der Waals surface area contributed by atoms with Gasteiger partial charge in [0.05, 0.1) is 18.5 Å². The van der Waals surface area contributed by atoms with Crippen molar-refractivity contribution in [1.29, 1.82) is 0 Å². The van der Waals surface area contributed by atoms with Gasteiger partial charge in [-0.3, -0.25) is 0 Å². The number of hydrogen-bond donors (Lipinski definition) is 1. The summed E-state index contributed by atoms with van der Waals surface area (Å²) in [4.78, 5) is 6.42. The third-order valence-electron chi connectivity index (χ3n) is 3.37. The maximum atomic E-state index is 5.43. The van der Waals surface area contributed by atoms with Crippen molar-refractivity contribution in [2.45, 2.75) is 25.4 Å². The van der Waals surface area contributed by atoms with Crippen molar-refractivity contribution in [2.75, 3.05) is 32.2 Å². The fraction of sp³-hybridized carbons (Fsp3) is 0.750. The Morgan fingerprint density at radius 1 is 1.59 bits per heavy atom. The summed E-state index contributed by atoms with van der Waals surface area (Å²) < 4.78 is 7.55. The molecule has 0 spiro atoms. The van der Waals surface area contributed by atoms with Crippen molar-refractivity contribution in [3.8, 4) is 0 Å². The number of hydrogen-bond acceptors (Lipinski definition) is 4. The molecule has 1 N–H and O–H groups in total. The molecular weight excluding hydrogens is 216 g/mol. The highest BCUT2D eigenvalue weighted by Gasteiger charge is 2.29. The van der Waals surface area contributed by atoms with Gasteiger partial charge in [0.15, 0.2) is 0 Å². The SMILES string of the molecule is CN(C)c1ncc(CNC2(C)CCOC2)n1C. The minimum Gasteiger partial charge on any atom is -0.379 e. The van der Waals surface area contributed by atoms with Crippen molar-refractivity contribution in [2.24, 2.45) is 7.05 Å². The lowest BCUT2D eigenvalue weighted by Gasteiger charge is -2.23. The molecule has 0 bridgehead atoms. The van der Waals surface area contributed by atoms with Crippen LogP contribution < -0.4 is 10.2 Å². The maximum Gasteiger partial charge on any atom is 0.204 e. The number of nitrogens with zero attached hydrogens (tertiary/aromatic N) is 3. The minimum absolute atomic E-state index is 0.114. The van der Waals surface area contributed by atoms with Crippen molar-refractivity contribution >= 4 is 5.95 Å². The van der Waals surface area contributed by atoms with Gasteiger partial charge in [0.1, 0.15) is 0 Å². The topological polar surface area (TPSA) is 42.3 Å². The largest absolute Gasteiger partial charge is 0.379 e. The summed E-state index contributed by atoms with van der Waals surface area (Å²) in [6.45, 7) is 4.70. The van der Waals surface area contributed by atoms with Crippen molar-refractivity contribution in [3.63, 3.8) is 0 Å². The average Bonchev–Trinajstić information content (AvgIpc) is 2.83. The third-order valence-corrected chi connectivity index (χ3v) is 3.37. The van der Waals surface area contributed by atoms with Gasteiger partial charge in [-0.05, 0) is 13.3 Å². The number of anilines is 1. The van der Waals surface area contributed by atoms with E-state index in [1.165, 1.54) is 5.69 Å². The van der Waals surface area contributed by atoms with Crippen LogP contribution in [0.25, 0.3) is 0 Å². The van der Waals surface area contributed by atoms with E-state index in [1.54, 1.807) is 0 Å². The second-order valence-corrected chi connectivity index (χ2v) is 5.22. The van der Waals surface area contributed by atoms with Gasteiger partial charge in [-0.2, -0.15) is 0 Å². The highest BCUT2D eigenvalue weighted by atomic mass is 16.5. The van der Waals surface area contributed by atoms with E-state index in [2.05, 4.69) is 21.8 Å². The van der Waals surface area contributed by atoms with E-state index >= 15 is 0 Å². The zero-order valence-corrected chi connectivity index (χ0v) is 11.2. The Morgan fingerprint density at radius 2 is 2.35 bits per heavy atom. The summed E-state index contributed by atoms with van der Waals surface area (Å²) in [6.07, 6.45) is 3.01. The molecule has 1 aromatic rings. The third kappa shape index (κ3) is 2.61. The van der Waals surface area contributed by atoms with E-state index in [-0.39, 0.29) is 5.54 Å². The van der Waals surface area contributed by atoms with E-state index < -0.39 is 0 Å². The quantitative estimate of drug-likeness (QED) is 0.841. The molecule has 0 aromatic carbocycles. The molecular formula is C12H22N4O. The van der Waals surface area contributed by atoms with Crippen LogP contribution in [0.15, 0.2) is 6.20 Å². The van der Waals surface area contributed by atoms with Crippen molar-refractivity contribution in [1.82, 2.24) is 14.9 Å². The number of nitrogens with one attached hydrogen (secondary N) is 1. The second-order valence-electron chi connectivity index (χ2n) is 5.22. The van der Waals surface area contributed by atoms with Gasteiger partial charge in [0, 0.05) is 39.8 Å². The zero-order chi connectivity index (χ0) is 12.5. The molecule has 2 heterocycles. The van der Waals surface area contributed by atoms with Gasteiger partial charge in [-0.25, -0.2) is 4.98 Å². The molecule has 1 atom stereocenters. The molecule has 0 radical (unpaired) electrons. The fourth-order valence-electron chi connectivity index (χ4n) is 2.12. The van der Waals surface area contributed by atoms with Crippen molar-refractivity contribution in [3.05, 3.63) is 11.9 Å². The molecule has 1 unspecified atom stereocenters. The van der Waals surface area contributed by atoms with Crippen LogP contribution in [0.1, 0.15) is 19.0 Å². The Morgan fingerprint density at radius 3 is 2.88 bits per heavy atom. The monoisotopic (exact) mass is 238 g/mol. The summed E-state index contributed by atoms with van der Waals surface area (Å²) in [5.74, 6) is 0.981. The molecule has 2 rings (SSSR count). The second kappa shape index (κ2) is 4.66. The standard InChI is InChI=1S/C12H22N4O/c1-12(5-6-17-9-12)14-8-10-7-13-11(15(2)3)16(10)4/h7,14H,5-6,8-9H2,1-4H3. The first-order valence-corrected chi connectivity index (χ1v) is 6.02. The Labute approximate surface area is 103 Å². The first kappa shape index (κ1) is 12.4. The van der Waals surface area contributed by atoms with Gasteiger partial charge < -0.3 is 19.5 Å². The maximum absolute atomic E-state index is 5.43. The predicted octanol–water partition coefficient (Wildman–Crippen LogP) is 0.755. The van der Waals surface area contributed by atoms with Gasteiger partial charge in [-0.15, -0.1) is 0 Å². The molecule has 96 valence electrons. The molecule has 1 aliphatic heterocycles. The van der Waals surface area contributed by atoms with Crippen molar-refractivity contribution < 1.29 is 4.74 Å². The van der Waals surface area contributed by atoms with E-state index in [4.69, 9.17) is 4.74 Å². The first-order valence-electron chi connectivity index (χ1n) is 6.02. The molecule has 5 heteroatoms. The summed E-state index contributed by atoms with van der Waals surface area (Å²) in [6, 6.07) is 0. The molecule has 1 aromatic heterocycles. The molecule has 17 heavy (non-hydrogen) atoms. The molecule has 0 saturated carbocycles. The van der Waals surface area contributed by atoms with Gasteiger partial charge in [-0.1, -0.05) is 0 Å². The Hall–Kier alpha value is -1.07. The van der Waals surface area contributed by atoms with Crippen LogP contribution in [-0.2, 0) is 18.3 Å². The van der Waals surface area contributed by atoms with Crippen LogP contribution in [0.5, 0.6) is 0 Å². The van der Waals surface area contributed by atoms with Crippen LogP contribution in [0.3, 0.4) is 0 Å². The molecule has 0 amide bonds. The molecule has 1 aliphatic rings. The molecule has 1 saturated heterocycles. The van der Waals surface area contributed by atoms with Crippen LogP contribution in [0, 0.1) is 0 Å². The number of rotatable bonds is 4. The Kier molecular flexibility index (Phi) is 3.40. The van der Waals surface area contributed by atoms with E-state index in [0.29, 0.717) is 0 Å². The summed E-state index contributed by atoms with van der Waals surface area (Å²) in [5.41, 5.74) is 1.31. The van der Waals surface area contributed by atoms with Crippen LogP contribution in [0.4, 0.5) is 5.95 Å². The summed E-state index contributed by atoms with van der Waals surface area (Å²) in [5, 5.41) is 3.56. The molecule has 5 nitrogen and oxygen atoms in total. The molecule has 0 aliphatic carbocycles. The fourth-order valence-corrected chi connectivity index (χ4v) is 2.12. The highest BCUT2D eigenvalue weighted by molar-refractivity contribution is 5.30. The predicted molar refractivity (Wildman–Crippen MR) is 68.2 cm³/mol. The summed E-state index contributed by atoms with van der Waals surface area (Å²) in [7, 11) is 6.06. The number of aromatic nitrogens is 2. The van der Waals surface area contributed by atoms with Gasteiger partial charge in [0.2, 0.25) is 5.95 Å². The normalized spacial score (nSPS) is 24.2. The van der Waals surface area contributed by atoms with Crippen LogP contribution >= 0.6 is 0 Å². The summed E-state index contributed by atoms with van der Waals surface area (Å²) >= 11 is 0. The Bertz CT molecular complexity index is 380. The van der Waals surface area contributed by atoms with Gasteiger partial charge in [0.25, 0.3) is 0 Å². The zero-order valence-electron chi connectivity index (χ0n) is 11.2. The van der Waals surface area contributed by atoms with E-state index in [1.807, 2.05) is 32.2 Å². The average molecular weight is 238 g/mol. The van der Waals surface area contributed by atoms with Crippen LogP contribution in [0.2, 0.25) is 0 Å². The Balaban J connectivity index is 1.99. The molecule has 1 fully saturated rings.